The third kappa shape index (κ3) is 3.58. The van der Waals surface area contributed by atoms with Crippen molar-refractivity contribution in [3.05, 3.63) is 59.7 Å². The van der Waals surface area contributed by atoms with Gasteiger partial charge >= 0.3 is 6.03 Å². The molecule has 1 atom stereocenters. The van der Waals surface area contributed by atoms with Gasteiger partial charge in [0.25, 0.3) is 0 Å². The van der Waals surface area contributed by atoms with Gasteiger partial charge in [-0.25, -0.2) is 14.2 Å². The topological polar surface area (TPSA) is 70.2 Å². The second-order valence-electron chi connectivity index (χ2n) is 6.64. The molecule has 1 aliphatic rings. The lowest BCUT2D eigenvalue weighted by Crippen LogP contribution is -2.39. The third-order valence-corrected chi connectivity index (χ3v) is 4.89. The first-order chi connectivity index (χ1) is 13.1. The van der Waals surface area contributed by atoms with Crippen LogP contribution in [0, 0.1) is 5.82 Å². The van der Waals surface area contributed by atoms with E-state index in [-0.39, 0.29) is 17.9 Å². The van der Waals surface area contributed by atoms with E-state index in [9.17, 15) is 9.18 Å². The lowest BCUT2D eigenvalue weighted by molar-refractivity contribution is 0.191. The molecule has 2 aromatic carbocycles. The number of methoxy groups -OCH3 is 1. The molecule has 7 heteroatoms. The molecule has 4 rings (SSSR count). The first-order valence-electron chi connectivity index (χ1n) is 8.96. The first-order valence-corrected chi connectivity index (χ1v) is 8.96. The zero-order chi connectivity index (χ0) is 18.8. The highest BCUT2D eigenvalue weighted by Crippen LogP contribution is 2.31. The van der Waals surface area contributed by atoms with Crippen LogP contribution in [0.2, 0.25) is 0 Å². The van der Waals surface area contributed by atoms with Gasteiger partial charge in [-0.05, 0) is 48.7 Å². The fourth-order valence-corrected chi connectivity index (χ4v) is 3.48. The molecule has 27 heavy (non-hydrogen) atoms. The van der Waals surface area contributed by atoms with E-state index in [0.29, 0.717) is 29.9 Å². The fraction of sp³-hybridized carbons (Fsp3) is 0.300. The number of urea groups is 1. The number of aromatic nitrogens is 2. The molecule has 0 saturated carbocycles. The van der Waals surface area contributed by atoms with E-state index in [0.717, 1.165) is 24.2 Å². The molecule has 2 N–H and O–H groups in total. The molecule has 2 amide bonds. The number of nitrogens with one attached hydrogen (secondary N) is 2. The van der Waals surface area contributed by atoms with Gasteiger partial charge < -0.3 is 19.9 Å². The Kier molecular flexibility index (Phi) is 4.66. The maximum atomic E-state index is 13.4. The predicted octanol–water partition coefficient (Wildman–Crippen LogP) is 3.76. The maximum absolute atomic E-state index is 13.4. The molecule has 0 spiro atoms. The van der Waals surface area contributed by atoms with E-state index < -0.39 is 0 Å². The number of H-pyrrole nitrogens is 1. The summed E-state index contributed by atoms with van der Waals surface area (Å²) in [4.78, 5) is 22.2. The molecule has 1 aromatic heterocycles. The molecular formula is C20H21FN4O2. The number of aromatic amines is 1. The molecule has 2 heterocycles. The minimum atomic E-state index is -0.307. The number of carbonyl (C=O) groups is 1. The monoisotopic (exact) mass is 368 g/mol. The van der Waals surface area contributed by atoms with Crippen LogP contribution < -0.4 is 10.1 Å². The standard InChI is InChI=1S/C20H21FN4O2/c1-27-15-7-4-13(5-8-15)12-22-20(26)25-10-2-3-18(25)19-23-16-9-6-14(21)11-17(16)24-19/h4-9,11,18H,2-3,10,12H2,1H3,(H,22,26)(H,23,24)/t18-/m0/s1. The highest BCUT2D eigenvalue weighted by molar-refractivity contribution is 5.77. The molecule has 140 valence electrons. The van der Waals surface area contributed by atoms with Crippen LogP contribution in [0.1, 0.15) is 30.3 Å². The average molecular weight is 368 g/mol. The minimum Gasteiger partial charge on any atom is -0.497 e. The number of nitrogens with zero attached hydrogens (tertiary/aromatic N) is 2. The van der Waals surface area contributed by atoms with Gasteiger partial charge in [0.2, 0.25) is 0 Å². The molecule has 1 aliphatic heterocycles. The smallest absolute Gasteiger partial charge is 0.318 e. The van der Waals surface area contributed by atoms with E-state index in [4.69, 9.17) is 4.74 Å². The number of hydrogen-bond donors (Lipinski definition) is 2. The number of imidazole rings is 1. The maximum Gasteiger partial charge on any atom is 0.318 e. The van der Waals surface area contributed by atoms with Crippen molar-refractivity contribution in [3.63, 3.8) is 0 Å². The molecule has 1 saturated heterocycles. The zero-order valence-electron chi connectivity index (χ0n) is 15.0. The second kappa shape index (κ2) is 7.26. The Labute approximate surface area is 156 Å². The van der Waals surface area contributed by atoms with Crippen molar-refractivity contribution in [2.24, 2.45) is 0 Å². The molecule has 1 fully saturated rings. The Morgan fingerprint density at radius 1 is 1.33 bits per heavy atom. The van der Waals surface area contributed by atoms with Gasteiger partial charge in [-0.3, -0.25) is 0 Å². The number of carbonyl (C=O) groups excluding carboxylic acids is 1. The number of hydrogen-bond acceptors (Lipinski definition) is 3. The summed E-state index contributed by atoms with van der Waals surface area (Å²) in [7, 11) is 1.62. The highest BCUT2D eigenvalue weighted by Gasteiger charge is 2.32. The van der Waals surface area contributed by atoms with Crippen LogP contribution in [0.25, 0.3) is 11.0 Å². The Bertz CT molecular complexity index is 954. The second-order valence-corrected chi connectivity index (χ2v) is 6.64. The van der Waals surface area contributed by atoms with E-state index in [1.807, 2.05) is 24.3 Å². The Morgan fingerprint density at radius 3 is 2.93 bits per heavy atom. The van der Waals surface area contributed by atoms with Crippen molar-refractivity contribution in [3.8, 4) is 5.75 Å². The molecule has 3 aromatic rings. The number of amides is 2. The molecule has 6 nitrogen and oxygen atoms in total. The number of halogens is 1. The van der Waals surface area contributed by atoms with Gasteiger partial charge in [-0.2, -0.15) is 0 Å². The van der Waals surface area contributed by atoms with Gasteiger partial charge in [0.05, 0.1) is 24.2 Å². The van der Waals surface area contributed by atoms with Crippen LogP contribution in [0.15, 0.2) is 42.5 Å². The highest BCUT2D eigenvalue weighted by atomic mass is 19.1. The third-order valence-electron chi connectivity index (χ3n) is 4.89. The summed E-state index contributed by atoms with van der Waals surface area (Å²) in [6, 6.07) is 11.8. The largest absolute Gasteiger partial charge is 0.497 e. The summed E-state index contributed by atoms with van der Waals surface area (Å²) in [5.41, 5.74) is 2.35. The van der Waals surface area contributed by atoms with Crippen molar-refractivity contribution >= 4 is 17.1 Å². The van der Waals surface area contributed by atoms with Crippen LogP contribution in [0.5, 0.6) is 5.75 Å². The average Bonchev–Trinajstić information content (AvgIpc) is 3.32. The van der Waals surface area contributed by atoms with Crippen LogP contribution in [-0.4, -0.2) is 34.6 Å². The number of likely N-dealkylation sites (tertiary alicyclic amines) is 1. The number of fused-ring (bicyclic) bond motifs is 1. The molecule has 0 aliphatic carbocycles. The number of benzene rings is 2. The normalized spacial score (nSPS) is 16.7. The van der Waals surface area contributed by atoms with Gasteiger partial charge in [0.1, 0.15) is 17.4 Å². The Balaban J connectivity index is 1.45. The van der Waals surface area contributed by atoms with Crippen LogP contribution in [0.3, 0.4) is 0 Å². The van der Waals surface area contributed by atoms with Gasteiger partial charge in [0.15, 0.2) is 0 Å². The predicted molar refractivity (Wildman–Crippen MR) is 100.0 cm³/mol. The van der Waals surface area contributed by atoms with E-state index in [2.05, 4.69) is 15.3 Å². The quantitative estimate of drug-likeness (QED) is 0.737. The van der Waals surface area contributed by atoms with Crippen molar-refractivity contribution in [1.29, 1.82) is 0 Å². The van der Waals surface area contributed by atoms with Gasteiger partial charge in [0, 0.05) is 13.1 Å². The van der Waals surface area contributed by atoms with E-state index in [1.165, 1.54) is 12.1 Å². The Hall–Kier alpha value is -3.09. The Morgan fingerprint density at radius 2 is 2.15 bits per heavy atom. The van der Waals surface area contributed by atoms with Gasteiger partial charge in [-0.15, -0.1) is 0 Å². The minimum absolute atomic E-state index is 0.125. The van der Waals surface area contributed by atoms with Gasteiger partial charge in [-0.1, -0.05) is 12.1 Å². The van der Waals surface area contributed by atoms with Crippen LogP contribution in [-0.2, 0) is 6.54 Å². The van der Waals surface area contributed by atoms with Crippen molar-refractivity contribution in [2.45, 2.75) is 25.4 Å². The number of rotatable bonds is 4. The lowest BCUT2D eigenvalue weighted by atomic mass is 10.2. The lowest BCUT2D eigenvalue weighted by Gasteiger charge is -2.23. The zero-order valence-corrected chi connectivity index (χ0v) is 15.0. The first kappa shape index (κ1) is 17.3. The van der Waals surface area contributed by atoms with Crippen molar-refractivity contribution in [2.75, 3.05) is 13.7 Å². The molecular weight excluding hydrogens is 347 g/mol. The van der Waals surface area contributed by atoms with Crippen molar-refractivity contribution in [1.82, 2.24) is 20.2 Å². The van der Waals surface area contributed by atoms with E-state index in [1.54, 1.807) is 18.1 Å². The summed E-state index contributed by atoms with van der Waals surface area (Å²) in [6.45, 7) is 1.11. The van der Waals surface area contributed by atoms with Crippen LogP contribution in [0.4, 0.5) is 9.18 Å². The summed E-state index contributed by atoms with van der Waals surface area (Å²) in [5, 5.41) is 2.97. The molecule has 0 bridgehead atoms. The summed E-state index contributed by atoms with van der Waals surface area (Å²) >= 11 is 0. The van der Waals surface area contributed by atoms with Crippen LogP contribution >= 0.6 is 0 Å². The van der Waals surface area contributed by atoms with E-state index >= 15 is 0 Å². The molecule has 0 unspecified atom stereocenters. The molecule has 0 radical (unpaired) electrons. The fourth-order valence-electron chi connectivity index (χ4n) is 3.48. The summed E-state index contributed by atoms with van der Waals surface area (Å²) < 4.78 is 18.5. The summed E-state index contributed by atoms with van der Waals surface area (Å²) in [6.07, 6.45) is 1.74. The van der Waals surface area contributed by atoms with Crippen molar-refractivity contribution < 1.29 is 13.9 Å². The number of ether oxygens (including phenoxy) is 1. The summed E-state index contributed by atoms with van der Waals surface area (Å²) in [5.74, 6) is 1.18. The SMILES string of the molecule is COc1ccc(CNC(=O)N2CCC[C@H]2c2nc3ccc(F)cc3[nH]2)cc1.